The zero-order valence-electron chi connectivity index (χ0n) is 24.0. The van der Waals surface area contributed by atoms with Gasteiger partial charge in [0.25, 0.3) is 0 Å². The van der Waals surface area contributed by atoms with Crippen molar-refractivity contribution in [3.05, 3.63) is 119 Å². The van der Waals surface area contributed by atoms with Crippen LogP contribution in [0.15, 0.2) is 97.1 Å². The number of ether oxygens (including phenoxy) is 3. The molecule has 5 rings (SSSR count). The molecule has 0 saturated heterocycles. The molecule has 2 N–H and O–H groups in total. The lowest BCUT2D eigenvalue weighted by Gasteiger charge is -2.34. The average Bonchev–Trinajstić information content (AvgIpc) is 3.32. The van der Waals surface area contributed by atoms with Crippen molar-refractivity contribution in [3.8, 4) is 22.6 Å². The maximum atomic E-state index is 10.3. The molecule has 0 aromatic heterocycles. The predicted octanol–water partition coefficient (Wildman–Crippen LogP) is 6.76. The van der Waals surface area contributed by atoms with Crippen molar-refractivity contribution in [2.75, 3.05) is 26.4 Å². The lowest BCUT2D eigenvalue weighted by molar-refractivity contribution is 0.0113. The quantitative estimate of drug-likeness (QED) is 0.149. The third-order valence-corrected chi connectivity index (χ3v) is 7.84. The van der Waals surface area contributed by atoms with Gasteiger partial charge in [0, 0.05) is 6.61 Å². The third-order valence-electron chi connectivity index (χ3n) is 7.84. The first-order valence-corrected chi connectivity index (χ1v) is 14.7. The van der Waals surface area contributed by atoms with Gasteiger partial charge in [0.15, 0.2) is 0 Å². The molecule has 4 aromatic carbocycles. The Labute approximate surface area is 243 Å². The van der Waals surface area contributed by atoms with Gasteiger partial charge in [-0.1, -0.05) is 93.1 Å². The van der Waals surface area contributed by atoms with Crippen LogP contribution in [-0.4, -0.2) is 48.8 Å². The summed E-state index contributed by atoms with van der Waals surface area (Å²) < 4.78 is 17.3. The molecule has 0 aliphatic heterocycles. The lowest BCUT2D eigenvalue weighted by atomic mass is 9.68. The summed E-state index contributed by atoms with van der Waals surface area (Å²) in [6.07, 6.45) is 1.55. The highest BCUT2D eigenvalue weighted by molar-refractivity contribution is 5.86. The number of aliphatic hydroxyl groups is 2. The second-order valence-electron chi connectivity index (χ2n) is 10.7. The topological polar surface area (TPSA) is 68.2 Å². The van der Waals surface area contributed by atoms with Crippen molar-refractivity contribution in [2.45, 2.75) is 50.7 Å². The number of hydrogen-bond donors (Lipinski definition) is 2. The summed E-state index contributed by atoms with van der Waals surface area (Å²) in [7, 11) is 0. The van der Waals surface area contributed by atoms with Crippen LogP contribution >= 0.6 is 0 Å². The van der Waals surface area contributed by atoms with Gasteiger partial charge < -0.3 is 24.4 Å². The molecule has 41 heavy (non-hydrogen) atoms. The van der Waals surface area contributed by atoms with Gasteiger partial charge in [-0.25, -0.2) is 0 Å². The molecule has 0 heterocycles. The summed E-state index contributed by atoms with van der Waals surface area (Å²) in [5, 5.41) is 20.2. The molecule has 214 valence electrons. The fourth-order valence-corrected chi connectivity index (χ4v) is 5.64. The molecule has 0 fully saturated rings. The molecule has 0 radical (unpaired) electrons. The van der Waals surface area contributed by atoms with Crippen LogP contribution in [0.1, 0.15) is 55.4 Å². The first-order valence-electron chi connectivity index (χ1n) is 14.7. The van der Waals surface area contributed by atoms with E-state index in [1.54, 1.807) is 0 Å². The van der Waals surface area contributed by atoms with E-state index in [-0.39, 0.29) is 19.8 Å². The molecule has 5 nitrogen and oxygen atoms in total. The van der Waals surface area contributed by atoms with Gasteiger partial charge in [0.05, 0.1) is 18.1 Å². The van der Waals surface area contributed by atoms with Gasteiger partial charge in [-0.15, -0.1) is 0 Å². The van der Waals surface area contributed by atoms with Gasteiger partial charge in [0.2, 0.25) is 0 Å². The van der Waals surface area contributed by atoms with E-state index in [2.05, 4.69) is 79.7 Å². The van der Waals surface area contributed by atoms with Crippen LogP contribution in [0.2, 0.25) is 0 Å². The smallest absolute Gasteiger partial charge is 0.119 e. The monoisotopic (exact) mass is 552 g/mol. The Bertz CT molecular complexity index is 1350. The Morgan fingerprint density at radius 3 is 1.59 bits per heavy atom. The molecule has 2 atom stereocenters. The summed E-state index contributed by atoms with van der Waals surface area (Å²) in [6, 6.07) is 33.7. The molecular weight excluding hydrogens is 512 g/mol. The predicted molar refractivity (Wildman–Crippen MR) is 163 cm³/mol. The van der Waals surface area contributed by atoms with Crippen molar-refractivity contribution in [1.82, 2.24) is 0 Å². The van der Waals surface area contributed by atoms with Crippen LogP contribution in [0, 0.1) is 0 Å². The van der Waals surface area contributed by atoms with Crippen LogP contribution in [0.25, 0.3) is 11.1 Å². The van der Waals surface area contributed by atoms with E-state index in [0.29, 0.717) is 18.8 Å². The SMILES string of the molecule is CCCCOCC(O)COc1ccc(C2(c3ccc(OCC(O)CC)cc3)c3ccccc3-c3ccccc32)cc1. The minimum atomic E-state index is -0.675. The number of rotatable bonds is 14. The maximum absolute atomic E-state index is 10.3. The van der Waals surface area contributed by atoms with Gasteiger partial charge in [-0.2, -0.15) is 0 Å². The zero-order chi connectivity index (χ0) is 28.7. The molecule has 1 aliphatic carbocycles. The third kappa shape index (κ3) is 6.03. The Balaban J connectivity index is 1.48. The maximum Gasteiger partial charge on any atom is 0.119 e. The van der Waals surface area contributed by atoms with Crippen LogP contribution in [0.3, 0.4) is 0 Å². The van der Waals surface area contributed by atoms with E-state index < -0.39 is 17.6 Å². The van der Waals surface area contributed by atoms with E-state index >= 15 is 0 Å². The Morgan fingerprint density at radius 1 is 0.610 bits per heavy atom. The van der Waals surface area contributed by atoms with Crippen molar-refractivity contribution >= 4 is 0 Å². The second kappa shape index (κ2) is 13.3. The van der Waals surface area contributed by atoms with Crippen molar-refractivity contribution in [1.29, 1.82) is 0 Å². The van der Waals surface area contributed by atoms with Crippen molar-refractivity contribution in [2.24, 2.45) is 0 Å². The first kappa shape index (κ1) is 28.9. The van der Waals surface area contributed by atoms with E-state index in [1.165, 1.54) is 22.3 Å². The number of unbranched alkanes of at least 4 members (excludes halogenated alkanes) is 1. The van der Waals surface area contributed by atoms with E-state index in [0.717, 1.165) is 29.7 Å². The van der Waals surface area contributed by atoms with Gasteiger partial charge in [0.1, 0.15) is 30.8 Å². The summed E-state index contributed by atoms with van der Waals surface area (Å²) in [6.45, 7) is 5.43. The standard InChI is InChI=1S/C36H40O5/c1-3-5-22-39-23-29(38)25-41-31-20-16-27(17-21-31)36(26-14-18-30(19-15-26)40-24-28(37)4-2)34-12-8-6-10-32(34)33-11-7-9-13-35(33)36/h6-21,28-29,37-38H,3-5,22-25H2,1-2H3. The molecule has 0 amide bonds. The highest BCUT2D eigenvalue weighted by Crippen LogP contribution is 2.56. The fourth-order valence-electron chi connectivity index (χ4n) is 5.64. The van der Waals surface area contributed by atoms with E-state index in [4.69, 9.17) is 14.2 Å². The molecule has 2 unspecified atom stereocenters. The number of hydrogen-bond acceptors (Lipinski definition) is 5. The average molecular weight is 553 g/mol. The molecule has 0 saturated carbocycles. The Morgan fingerprint density at radius 2 is 1.10 bits per heavy atom. The number of fused-ring (bicyclic) bond motifs is 3. The second-order valence-corrected chi connectivity index (χ2v) is 10.7. The van der Waals surface area contributed by atoms with Crippen LogP contribution < -0.4 is 9.47 Å². The number of aliphatic hydroxyl groups excluding tert-OH is 2. The summed E-state index contributed by atoms with van der Waals surface area (Å²) in [4.78, 5) is 0. The van der Waals surface area contributed by atoms with E-state index in [9.17, 15) is 10.2 Å². The fraction of sp³-hybridized carbons (Fsp3) is 0.333. The van der Waals surface area contributed by atoms with E-state index in [1.807, 2.05) is 31.2 Å². The molecule has 0 bridgehead atoms. The highest BCUT2D eigenvalue weighted by Gasteiger charge is 2.45. The summed E-state index contributed by atoms with van der Waals surface area (Å²) >= 11 is 0. The Hall–Kier alpha value is -3.64. The van der Waals surface area contributed by atoms with Crippen LogP contribution in [-0.2, 0) is 10.2 Å². The Kier molecular flexibility index (Phi) is 9.40. The van der Waals surface area contributed by atoms with Crippen molar-refractivity contribution < 1.29 is 24.4 Å². The number of benzene rings is 4. The molecule has 5 heteroatoms. The van der Waals surface area contributed by atoms with Crippen LogP contribution in [0.5, 0.6) is 11.5 Å². The zero-order valence-corrected chi connectivity index (χ0v) is 24.0. The largest absolute Gasteiger partial charge is 0.491 e. The van der Waals surface area contributed by atoms with Gasteiger partial charge in [-0.3, -0.25) is 0 Å². The summed E-state index contributed by atoms with van der Waals surface area (Å²) in [5.41, 5.74) is 6.63. The molecule has 4 aromatic rings. The summed E-state index contributed by atoms with van der Waals surface area (Å²) in [5.74, 6) is 1.44. The highest BCUT2D eigenvalue weighted by atomic mass is 16.5. The van der Waals surface area contributed by atoms with Gasteiger partial charge in [-0.05, 0) is 70.5 Å². The minimum Gasteiger partial charge on any atom is -0.491 e. The minimum absolute atomic E-state index is 0.177. The lowest BCUT2D eigenvalue weighted by Crippen LogP contribution is -2.28. The molecule has 1 aliphatic rings. The first-order chi connectivity index (χ1) is 20.1. The van der Waals surface area contributed by atoms with Crippen LogP contribution in [0.4, 0.5) is 0 Å². The normalized spacial score (nSPS) is 14.6. The molecule has 0 spiro atoms. The molecular formula is C36H40O5. The van der Waals surface area contributed by atoms with Crippen molar-refractivity contribution in [3.63, 3.8) is 0 Å². The van der Waals surface area contributed by atoms with Gasteiger partial charge >= 0.3 is 0 Å².